The summed E-state index contributed by atoms with van der Waals surface area (Å²) < 4.78 is 5.59. The van der Waals surface area contributed by atoms with E-state index in [9.17, 15) is 9.90 Å². The minimum atomic E-state index is -0.828. The molecule has 1 saturated heterocycles. The van der Waals surface area contributed by atoms with E-state index in [2.05, 4.69) is 12.3 Å². The van der Waals surface area contributed by atoms with Crippen molar-refractivity contribution in [3.8, 4) is 0 Å². The van der Waals surface area contributed by atoms with Crippen LogP contribution in [0.2, 0.25) is 0 Å². The molecule has 1 aliphatic heterocycles. The summed E-state index contributed by atoms with van der Waals surface area (Å²) in [7, 11) is 0. The lowest BCUT2D eigenvalue weighted by Gasteiger charge is -2.25. The molecule has 1 aromatic rings. The van der Waals surface area contributed by atoms with Gasteiger partial charge in [-0.15, -0.1) is 5.73 Å². The Hall–Kier alpha value is -1.87. The van der Waals surface area contributed by atoms with Gasteiger partial charge in [0.05, 0.1) is 5.92 Å². The number of benzene rings is 1. The molecular weight excluding hydrogens is 266 g/mol. The van der Waals surface area contributed by atoms with Crippen molar-refractivity contribution < 1.29 is 14.6 Å². The Morgan fingerprint density at radius 2 is 2.14 bits per heavy atom. The van der Waals surface area contributed by atoms with Gasteiger partial charge in [0, 0.05) is 13.2 Å². The SMILES string of the molecule is C=C=CC[C@@H]1C(=O)N(Cc2ccccc2)C(OCC)[C@H]1O. The van der Waals surface area contributed by atoms with Crippen molar-refractivity contribution in [1.82, 2.24) is 4.90 Å². The van der Waals surface area contributed by atoms with Crippen LogP contribution in [0.5, 0.6) is 0 Å². The van der Waals surface area contributed by atoms with Crippen LogP contribution in [0.4, 0.5) is 0 Å². The molecule has 1 fully saturated rings. The summed E-state index contributed by atoms with van der Waals surface area (Å²) in [6.07, 6.45) is 0.691. The molecule has 1 aliphatic rings. The predicted octanol–water partition coefficient (Wildman–Crippen LogP) is 2.10. The predicted molar refractivity (Wildman–Crippen MR) is 80.2 cm³/mol. The first kappa shape index (κ1) is 15.5. The van der Waals surface area contributed by atoms with Crippen LogP contribution < -0.4 is 0 Å². The monoisotopic (exact) mass is 287 g/mol. The topological polar surface area (TPSA) is 49.8 Å². The number of carbonyl (C=O) groups is 1. The second kappa shape index (κ2) is 7.23. The molecule has 112 valence electrons. The first-order chi connectivity index (χ1) is 10.2. The Morgan fingerprint density at radius 1 is 1.43 bits per heavy atom. The summed E-state index contributed by atoms with van der Waals surface area (Å²) in [5, 5.41) is 10.4. The number of amides is 1. The van der Waals surface area contributed by atoms with Gasteiger partial charge in [-0.3, -0.25) is 4.79 Å². The highest BCUT2D eigenvalue weighted by Gasteiger charge is 2.47. The highest BCUT2D eigenvalue weighted by molar-refractivity contribution is 5.82. The van der Waals surface area contributed by atoms with Gasteiger partial charge in [0.1, 0.15) is 6.10 Å². The fourth-order valence-electron chi connectivity index (χ4n) is 2.63. The maximum atomic E-state index is 12.5. The normalized spacial score (nSPS) is 25.0. The number of likely N-dealkylation sites (tertiary alicyclic amines) is 1. The highest BCUT2D eigenvalue weighted by Crippen LogP contribution is 2.30. The number of aliphatic hydroxyl groups excluding tert-OH is 1. The van der Waals surface area contributed by atoms with E-state index in [1.165, 1.54) is 0 Å². The molecule has 0 bridgehead atoms. The number of ether oxygens (including phenoxy) is 1. The second-order valence-electron chi connectivity index (χ2n) is 5.04. The molecular formula is C17H21NO3. The lowest BCUT2D eigenvalue weighted by molar-refractivity contribution is -0.140. The zero-order valence-corrected chi connectivity index (χ0v) is 12.2. The summed E-state index contributed by atoms with van der Waals surface area (Å²) in [4.78, 5) is 14.1. The molecule has 1 unspecified atom stereocenters. The molecule has 0 aromatic heterocycles. The van der Waals surface area contributed by atoms with Gasteiger partial charge in [-0.05, 0) is 25.0 Å². The molecule has 1 heterocycles. The van der Waals surface area contributed by atoms with E-state index < -0.39 is 18.2 Å². The van der Waals surface area contributed by atoms with Crippen molar-refractivity contribution in [3.05, 3.63) is 54.3 Å². The van der Waals surface area contributed by atoms with E-state index in [4.69, 9.17) is 4.74 Å². The summed E-state index contributed by atoms with van der Waals surface area (Å²) in [6.45, 7) is 6.24. The van der Waals surface area contributed by atoms with Gasteiger partial charge in [-0.1, -0.05) is 36.9 Å². The average molecular weight is 287 g/mol. The fraction of sp³-hybridized carbons (Fsp3) is 0.412. The molecule has 0 spiro atoms. The Balaban J connectivity index is 2.19. The van der Waals surface area contributed by atoms with Crippen LogP contribution >= 0.6 is 0 Å². The van der Waals surface area contributed by atoms with E-state index in [1.807, 2.05) is 37.3 Å². The Morgan fingerprint density at radius 3 is 2.76 bits per heavy atom. The molecule has 3 atom stereocenters. The minimum Gasteiger partial charge on any atom is -0.388 e. The van der Waals surface area contributed by atoms with Crippen molar-refractivity contribution in [1.29, 1.82) is 0 Å². The molecule has 4 nitrogen and oxygen atoms in total. The van der Waals surface area contributed by atoms with Crippen LogP contribution in [0, 0.1) is 5.92 Å². The quantitative estimate of drug-likeness (QED) is 0.815. The van der Waals surface area contributed by atoms with E-state index in [-0.39, 0.29) is 5.91 Å². The first-order valence-corrected chi connectivity index (χ1v) is 7.17. The molecule has 4 heteroatoms. The van der Waals surface area contributed by atoms with Crippen LogP contribution in [-0.4, -0.2) is 34.9 Å². The minimum absolute atomic E-state index is 0.0868. The summed E-state index contributed by atoms with van der Waals surface area (Å²) in [6, 6.07) is 9.71. The number of hydrogen-bond acceptors (Lipinski definition) is 3. The second-order valence-corrected chi connectivity index (χ2v) is 5.04. The fourth-order valence-corrected chi connectivity index (χ4v) is 2.63. The maximum Gasteiger partial charge on any atom is 0.231 e. The van der Waals surface area contributed by atoms with Crippen molar-refractivity contribution in [2.75, 3.05) is 6.61 Å². The molecule has 1 N–H and O–H groups in total. The van der Waals surface area contributed by atoms with Gasteiger partial charge in [0.2, 0.25) is 5.91 Å². The number of rotatable bonds is 6. The number of nitrogens with zero attached hydrogens (tertiary/aromatic N) is 1. The smallest absolute Gasteiger partial charge is 0.231 e. The standard InChI is InChI=1S/C17H21NO3/c1-3-5-11-14-15(19)17(21-4-2)18(16(14)20)12-13-9-7-6-8-10-13/h5-10,14-15,17,19H,1,4,11-12H2,2H3/t14-,15-,17?/m0/s1. The molecule has 0 radical (unpaired) electrons. The third-order valence-electron chi connectivity index (χ3n) is 3.66. The van der Waals surface area contributed by atoms with E-state index in [1.54, 1.807) is 11.0 Å². The Bertz CT molecular complexity index is 522. The van der Waals surface area contributed by atoms with Crippen molar-refractivity contribution >= 4 is 5.91 Å². The molecule has 21 heavy (non-hydrogen) atoms. The van der Waals surface area contributed by atoms with Crippen LogP contribution in [0.25, 0.3) is 0 Å². The third kappa shape index (κ3) is 3.42. The summed E-state index contributed by atoms with van der Waals surface area (Å²) >= 11 is 0. The molecule has 0 saturated carbocycles. The lowest BCUT2D eigenvalue weighted by atomic mass is 10.0. The van der Waals surface area contributed by atoms with Gasteiger partial charge >= 0.3 is 0 Å². The van der Waals surface area contributed by atoms with Crippen LogP contribution in [-0.2, 0) is 16.1 Å². The molecule has 1 amide bonds. The van der Waals surface area contributed by atoms with E-state index >= 15 is 0 Å². The zero-order chi connectivity index (χ0) is 15.2. The third-order valence-corrected chi connectivity index (χ3v) is 3.66. The molecule has 1 aromatic carbocycles. The van der Waals surface area contributed by atoms with Crippen LogP contribution in [0.15, 0.2) is 48.7 Å². The van der Waals surface area contributed by atoms with E-state index in [0.717, 1.165) is 5.56 Å². The Labute approximate surface area is 125 Å². The van der Waals surface area contributed by atoms with Crippen LogP contribution in [0.1, 0.15) is 18.9 Å². The zero-order valence-electron chi connectivity index (χ0n) is 12.2. The largest absolute Gasteiger partial charge is 0.388 e. The summed E-state index contributed by atoms with van der Waals surface area (Å²) in [5.41, 5.74) is 3.67. The molecule has 2 rings (SSSR count). The van der Waals surface area contributed by atoms with Gasteiger partial charge < -0.3 is 14.7 Å². The number of allylic oxidation sites excluding steroid dienone is 1. The van der Waals surface area contributed by atoms with Crippen molar-refractivity contribution in [3.63, 3.8) is 0 Å². The van der Waals surface area contributed by atoms with E-state index in [0.29, 0.717) is 19.6 Å². The Kier molecular flexibility index (Phi) is 5.34. The van der Waals surface area contributed by atoms with Gasteiger partial charge in [0.25, 0.3) is 0 Å². The lowest BCUT2D eigenvalue weighted by Crippen LogP contribution is -2.38. The first-order valence-electron chi connectivity index (χ1n) is 7.17. The highest BCUT2D eigenvalue weighted by atomic mass is 16.5. The maximum absolute atomic E-state index is 12.5. The van der Waals surface area contributed by atoms with Gasteiger partial charge in [-0.2, -0.15) is 0 Å². The number of carbonyl (C=O) groups excluding carboxylic acids is 1. The van der Waals surface area contributed by atoms with Crippen molar-refractivity contribution in [2.45, 2.75) is 32.2 Å². The number of hydrogen-bond donors (Lipinski definition) is 1. The van der Waals surface area contributed by atoms with Crippen LogP contribution in [0.3, 0.4) is 0 Å². The number of aliphatic hydroxyl groups is 1. The average Bonchev–Trinajstić information content (AvgIpc) is 2.71. The van der Waals surface area contributed by atoms with Crippen molar-refractivity contribution in [2.24, 2.45) is 5.92 Å². The van der Waals surface area contributed by atoms with Gasteiger partial charge in [-0.25, -0.2) is 0 Å². The van der Waals surface area contributed by atoms with Gasteiger partial charge in [0.15, 0.2) is 6.23 Å². The summed E-state index contributed by atoms with van der Waals surface area (Å²) in [5.74, 6) is -0.573. The molecule has 0 aliphatic carbocycles.